The zero-order chi connectivity index (χ0) is 27.4. The second kappa shape index (κ2) is 11.6. The summed E-state index contributed by atoms with van der Waals surface area (Å²) in [5, 5.41) is 11.8. The number of rotatable bonds is 10. The lowest BCUT2D eigenvalue weighted by Crippen LogP contribution is -2.36. The fourth-order valence-corrected chi connectivity index (χ4v) is 4.66. The van der Waals surface area contributed by atoms with E-state index >= 15 is 0 Å². The molecular formula is C27H33N9O3. The Morgan fingerprint density at radius 1 is 1.21 bits per heavy atom. The largest absolute Gasteiger partial charge is 0.489 e. The summed E-state index contributed by atoms with van der Waals surface area (Å²) < 4.78 is 13.8. The fourth-order valence-electron chi connectivity index (χ4n) is 4.66. The van der Waals surface area contributed by atoms with Gasteiger partial charge < -0.3 is 30.0 Å². The van der Waals surface area contributed by atoms with Gasteiger partial charge in [-0.3, -0.25) is 4.79 Å². The van der Waals surface area contributed by atoms with Crippen LogP contribution in [0.1, 0.15) is 36.7 Å². The monoisotopic (exact) mass is 531 g/mol. The van der Waals surface area contributed by atoms with Crippen LogP contribution in [0.2, 0.25) is 0 Å². The first-order valence-corrected chi connectivity index (χ1v) is 13.2. The van der Waals surface area contributed by atoms with E-state index in [1.54, 1.807) is 24.8 Å². The van der Waals surface area contributed by atoms with Gasteiger partial charge in [0.05, 0.1) is 43.4 Å². The first-order chi connectivity index (χ1) is 18.9. The number of carbonyl (C=O) groups is 1. The molecule has 4 heterocycles. The van der Waals surface area contributed by atoms with Crippen LogP contribution in [0.15, 0.2) is 30.9 Å². The van der Waals surface area contributed by atoms with Crippen molar-refractivity contribution in [2.45, 2.75) is 26.2 Å². The van der Waals surface area contributed by atoms with Crippen molar-refractivity contribution in [2.24, 2.45) is 24.8 Å². The van der Waals surface area contributed by atoms with E-state index in [0.29, 0.717) is 43.1 Å². The van der Waals surface area contributed by atoms with Crippen molar-refractivity contribution >= 4 is 17.5 Å². The number of amides is 1. The van der Waals surface area contributed by atoms with Gasteiger partial charge >= 0.3 is 6.01 Å². The van der Waals surface area contributed by atoms with E-state index in [0.717, 1.165) is 43.6 Å². The smallest absolute Gasteiger partial charge is 0.319 e. The molecule has 39 heavy (non-hydrogen) atoms. The zero-order valence-electron chi connectivity index (χ0n) is 22.2. The molecule has 3 aromatic heterocycles. The maximum Gasteiger partial charge on any atom is 0.319 e. The molecule has 0 unspecified atom stereocenters. The number of aromatic nitrogens is 5. The van der Waals surface area contributed by atoms with Gasteiger partial charge in [0.2, 0.25) is 0 Å². The molecule has 1 aliphatic heterocycles. The van der Waals surface area contributed by atoms with Crippen molar-refractivity contribution in [3.05, 3.63) is 36.5 Å². The van der Waals surface area contributed by atoms with E-state index in [9.17, 15) is 4.79 Å². The van der Waals surface area contributed by atoms with Crippen LogP contribution in [0.25, 0.3) is 11.3 Å². The van der Waals surface area contributed by atoms with E-state index in [1.165, 1.54) is 0 Å². The van der Waals surface area contributed by atoms with Crippen LogP contribution < -0.4 is 25.4 Å². The first kappa shape index (κ1) is 26.2. The third-order valence-electron chi connectivity index (χ3n) is 7.18. The molecule has 2 aliphatic rings. The molecule has 0 radical (unpaired) electrons. The van der Waals surface area contributed by atoms with Gasteiger partial charge in [-0.1, -0.05) is 0 Å². The molecule has 1 saturated carbocycles. The molecule has 0 spiro atoms. The minimum atomic E-state index is -0.268. The average Bonchev–Trinajstić information content (AvgIpc) is 3.60. The third-order valence-corrected chi connectivity index (χ3v) is 7.18. The summed E-state index contributed by atoms with van der Waals surface area (Å²) in [5.74, 6) is 1.87. The molecule has 0 aromatic carbocycles. The van der Waals surface area contributed by atoms with Gasteiger partial charge in [-0.15, -0.1) is 0 Å². The van der Waals surface area contributed by atoms with Gasteiger partial charge in [-0.05, 0) is 38.2 Å². The number of hydrogen-bond donors (Lipinski definition) is 2. The number of pyridine rings is 1. The molecule has 0 bridgehead atoms. The molecule has 1 amide bonds. The average molecular weight is 532 g/mol. The molecule has 12 heteroatoms. The zero-order valence-corrected chi connectivity index (χ0v) is 22.2. The number of anilines is 2. The van der Waals surface area contributed by atoms with Crippen molar-refractivity contribution in [1.82, 2.24) is 29.8 Å². The van der Waals surface area contributed by atoms with Crippen LogP contribution in [0.4, 0.5) is 11.6 Å². The third kappa shape index (κ3) is 6.19. The van der Waals surface area contributed by atoms with E-state index in [2.05, 4.69) is 36.2 Å². The Balaban J connectivity index is 1.20. The number of nitrogen functional groups attached to an aromatic ring is 1. The molecule has 1 aliphatic carbocycles. The van der Waals surface area contributed by atoms with E-state index < -0.39 is 0 Å². The normalized spacial score (nSPS) is 18.8. The summed E-state index contributed by atoms with van der Waals surface area (Å²) in [4.78, 5) is 32.1. The summed E-state index contributed by atoms with van der Waals surface area (Å²) in [6.45, 7) is 4.76. The molecule has 3 aromatic rings. The predicted molar refractivity (Wildman–Crippen MR) is 144 cm³/mol. The van der Waals surface area contributed by atoms with Crippen molar-refractivity contribution < 1.29 is 14.3 Å². The summed E-state index contributed by atoms with van der Waals surface area (Å²) in [6.07, 6.45) is 7.84. The fraction of sp³-hybridized carbons (Fsp3) is 0.481. The Bertz CT molecular complexity index is 1360. The first-order valence-electron chi connectivity index (χ1n) is 13.2. The maximum absolute atomic E-state index is 12.5. The van der Waals surface area contributed by atoms with Gasteiger partial charge in [0.1, 0.15) is 11.5 Å². The quantitative estimate of drug-likeness (QED) is 0.398. The van der Waals surface area contributed by atoms with Crippen molar-refractivity contribution in [1.29, 1.82) is 5.26 Å². The van der Waals surface area contributed by atoms with Crippen molar-refractivity contribution in [3.63, 3.8) is 0 Å². The lowest BCUT2D eigenvalue weighted by atomic mass is 9.98. The van der Waals surface area contributed by atoms with Gasteiger partial charge in [-0.25, -0.2) is 9.97 Å². The molecule has 5 rings (SSSR count). The van der Waals surface area contributed by atoms with E-state index in [1.807, 2.05) is 24.6 Å². The Morgan fingerprint density at radius 2 is 2.03 bits per heavy atom. The highest BCUT2D eigenvalue weighted by Gasteiger charge is 2.38. The summed E-state index contributed by atoms with van der Waals surface area (Å²) in [6, 6.07) is 6.03. The predicted octanol–water partition coefficient (Wildman–Crippen LogP) is 2.44. The SMILES string of the molecule is CCNC(=O)c1cc(N2CCC(COc3cc(-c4cncn4C)cnc3N)CC2)nc(OC[C@H]2C[C@H]2C#N)n1. The van der Waals surface area contributed by atoms with E-state index in [4.69, 9.17) is 20.5 Å². The topological polar surface area (TPSA) is 157 Å². The van der Waals surface area contributed by atoms with Gasteiger partial charge in [0.25, 0.3) is 5.91 Å². The molecule has 204 valence electrons. The number of nitrogens with two attached hydrogens (primary N) is 1. The number of imidazole rings is 1. The lowest BCUT2D eigenvalue weighted by molar-refractivity contribution is 0.0949. The number of hydrogen-bond acceptors (Lipinski definition) is 10. The number of piperidine rings is 1. The van der Waals surface area contributed by atoms with Crippen LogP contribution in [-0.2, 0) is 7.05 Å². The summed E-state index contributed by atoms with van der Waals surface area (Å²) in [5.41, 5.74) is 8.19. The number of nitriles is 1. The molecular weight excluding hydrogens is 498 g/mol. The Hall–Kier alpha value is -4.40. The van der Waals surface area contributed by atoms with Gasteiger partial charge in [0, 0.05) is 50.4 Å². The van der Waals surface area contributed by atoms with Crippen LogP contribution in [0, 0.1) is 29.1 Å². The van der Waals surface area contributed by atoms with Crippen LogP contribution in [-0.4, -0.2) is 63.3 Å². The maximum atomic E-state index is 12.5. The number of aryl methyl sites for hydroxylation is 1. The second-order valence-electron chi connectivity index (χ2n) is 10.0. The van der Waals surface area contributed by atoms with Crippen LogP contribution in [0.5, 0.6) is 11.8 Å². The molecule has 2 atom stereocenters. The van der Waals surface area contributed by atoms with E-state index in [-0.39, 0.29) is 29.4 Å². The highest BCUT2D eigenvalue weighted by Crippen LogP contribution is 2.38. The van der Waals surface area contributed by atoms with Crippen LogP contribution >= 0.6 is 0 Å². The highest BCUT2D eigenvalue weighted by molar-refractivity contribution is 5.93. The molecule has 2 fully saturated rings. The molecule has 3 N–H and O–H groups in total. The summed E-state index contributed by atoms with van der Waals surface area (Å²) >= 11 is 0. The van der Waals surface area contributed by atoms with Crippen molar-refractivity contribution in [2.75, 3.05) is 43.5 Å². The second-order valence-corrected chi connectivity index (χ2v) is 10.0. The number of nitrogens with zero attached hydrogens (tertiary/aromatic N) is 7. The highest BCUT2D eigenvalue weighted by atomic mass is 16.5. The van der Waals surface area contributed by atoms with Crippen molar-refractivity contribution in [3.8, 4) is 29.1 Å². The molecule has 1 saturated heterocycles. The standard InChI is InChI=1S/C27H33N9O3/c1-3-31-26(37)21-10-24(34-27(33-21)39-15-20-8-18(20)11-28)36-6-4-17(5-7-36)14-38-23-9-19(12-32-25(23)29)22-13-30-16-35(22)2/h9-10,12-13,16-18,20H,3-8,14-15H2,1-2H3,(H2,29,32)(H,31,37)/t18-,20+/m0/s1. The minimum Gasteiger partial charge on any atom is -0.489 e. The summed E-state index contributed by atoms with van der Waals surface area (Å²) in [7, 11) is 1.93. The number of carbonyl (C=O) groups excluding carboxylic acids is 1. The van der Waals surface area contributed by atoms with Crippen LogP contribution in [0.3, 0.4) is 0 Å². The Kier molecular flexibility index (Phi) is 7.76. The lowest BCUT2D eigenvalue weighted by Gasteiger charge is -2.33. The minimum absolute atomic E-state index is 0.0287. The van der Waals surface area contributed by atoms with Gasteiger partial charge in [-0.2, -0.15) is 15.2 Å². The Morgan fingerprint density at radius 3 is 2.72 bits per heavy atom. The number of nitrogens with one attached hydrogen (secondary N) is 1. The van der Waals surface area contributed by atoms with Gasteiger partial charge in [0.15, 0.2) is 11.6 Å². The number of ether oxygens (including phenoxy) is 2. The Labute approximate surface area is 227 Å². The molecule has 12 nitrogen and oxygen atoms in total.